The zero-order valence-electron chi connectivity index (χ0n) is 12.0. The lowest BCUT2D eigenvalue weighted by atomic mass is 10.1. The molecule has 1 atom stereocenters. The number of nitrogens with zero attached hydrogens (tertiary/aromatic N) is 1. The first-order valence-electron chi connectivity index (χ1n) is 6.82. The minimum atomic E-state index is -0.561. The molecule has 20 heavy (non-hydrogen) atoms. The van der Waals surface area contributed by atoms with Gasteiger partial charge < -0.3 is 15.3 Å². The highest BCUT2D eigenvalue weighted by Gasteiger charge is 2.24. The van der Waals surface area contributed by atoms with Gasteiger partial charge in [0.2, 0.25) is 11.8 Å². The molecule has 2 amide bonds. The molecule has 1 rings (SSSR count). The molecule has 5 heteroatoms. The van der Waals surface area contributed by atoms with Crippen LogP contribution < -0.4 is 5.32 Å². The van der Waals surface area contributed by atoms with Gasteiger partial charge in [0.15, 0.2) is 0 Å². The molecule has 0 radical (unpaired) electrons. The van der Waals surface area contributed by atoms with Gasteiger partial charge in [-0.1, -0.05) is 37.3 Å². The number of hydrogen-bond donors (Lipinski definition) is 2. The summed E-state index contributed by atoms with van der Waals surface area (Å²) in [5, 5.41) is 11.3. The first-order chi connectivity index (χ1) is 9.60. The number of nitrogens with one attached hydrogen (secondary N) is 1. The Bertz CT molecular complexity index is 434. The Morgan fingerprint density at radius 2 is 1.95 bits per heavy atom. The van der Waals surface area contributed by atoms with Gasteiger partial charge in [0, 0.05) is 19.5 Å². The molecule has 0 aliphatic heterocycles. The van der Waals surface area contributed by atoms with Crippen LogP contribution in [0.1, 0.15) is 25.8 Å². The molecule has 1 unspecified atom stereocenters. The molecular weight excluding hydrogens is 256 g/mol. The highest BCUT2D eigenvalue weighted by molar-refractivity contribution is 5.87. The van der Waals surface area contributed by atoms with Crippen molar-refractivity contribution in [3.8, 4) is 0 Å². The summed E-state index contributed by atoms with van der Waals surface area (Å²) in [7, 11) is 0. The number of aliphatic hydroxyl groups is 1. The van der Waals surface area contributed by atoms with E-state index in [1.807, 2.05) is 30.3 Å². The van der Waals surface area contributed by atoms with Gasteiger partial charge in [0.1, 0.15) is 6.04 Å². The first kappa shape index (κ1) is 16.2. The van der Waals surface area contributed by atoms with E-state index >= 15 is 0 Å². The van der Waals surface area contributed by atoms with E-state index < -0.39 is 6.04 Å². The van der Waals surface area contributed by atoms with Crippen LogP contribution in [0.2, 0.25) is 0 Å². The normalized spacial score (nSPS) is 11.8. The Morgan fingerprint density at radius 3 is 2.50 bits per heavy atom. The number of aliphatic hydroxyl groups excluding tert-OH is 1. The van der Waals surface area contributed by atoms with E-state index in [2.05, 4.69) is 5.32 Å². The average Bonchev–Trinajstić information content (AvgIpc) is 2.49. The number of carbonyl (C=O) groups is 2. The van der Waals surface area contributed by atoms with Crippen molar-refractivity contribution < 1.29 is 14.7 Å². The topological polar surface area (TPSA) is 69.6 Å². The fraction of sp³-hybridized carbons (Fsp3) is 0.467. The van der Waals surface area contributed by atoms with Gasteiger partial charge in [-0.25, -0.2) is 0 Å². The van der Waals surface area contributed by atoms with Gasteiger partial charge in [-0.15, -0.1) is 0 Å². The summed E-state index contributed by atoms with van der Waals surface area (Å²) in [5.41, 5.74) is 0.983. The van der Waals surface area contributed by atoms with Crippen LogP contribution in [0, 0.1) is 0 Å². The lowest BCUT2D eigenvalue weighted by Crippen LogP contribution is -2.47. The van der Waals surface area contributed by atoms with E-state index in [-0.39, 0.29) is 25.0 Å². The highest BCUT2D eigenvalue weighted by Crippen LogP contribution is 2.10. The van der Waals surface area contributed by atoms with E-state index in [1.165, 1.54) is 0 Å². The van der Waals surface area contributed by atoms with Crippen LogP contribution in [0.15, 0.2) is 30.3 Å². The second-order valence-electron chi connectivity index (χ2n) is 4.55. The molecule has 1 aromatic carbocycles. The second-order valence-corrected chi connectivity index (χ2v) is 4.55. The highest BCUT2D eigenvalue weighted by atomic mass is 16.3. The number of amides is 2. The Labute approximate surface area is 119 Å². The summed E-state index contributed by atoms with van der Waals surface area (Å²) in [6, 6.07) is 9.00. The third-order valence-corrected chi connectivity index (χ3v) is 3.08. The Balaban J connectivity index is 2.78. The van der Waals surface area contributed by atoms with E-state index in [4.69, 9.17) is 5.11 Å². The van der Waals surface area contributed by atoms with Crippen molar-refractivity contribution >= 4 is 11.8 Å². The van der Waals surface area contributed by atoms with E-state index in [0.29, 0.717) is 13.0 Å². The lowest BCUT2D eigenvalue weighted by Gasteiger charge is -2.28. The number of hydrogen-bond acceptors (Lipinski definition) is 3. The zero-order chi connectivity index (χ0) is 15.0. The van der Waals surface area contributed by atoms with Gasteiger partial charge in [0.25, 0.3) is 0 Å². The summed E-state index contributed by atoms with van der Waals surface area (Å²) in [6.45, 7) is 3.96. The van der Waals surface area contributed by atoms with E-state index in [1.54, 1.807) is 18.7 Å². The summed E-state index contributed by atoms with van der Waals surface area (Å²) in [6.07, 6.45) is 0.352. The molecular formula is C15H22N2O3. The molecule has 0 aliphatic carbocycles. The number of rotatable bonds is 7. The molecule has 110 valence electrons. The summed E-state index contributed by atoms with van der Waals surface area (Å²) in [4.78, 5) is 25.5. The third kappa shape index (κ3) is 4.66. The predicted molar refractivity (Wildman–Crippen MR) is 76.8 cm³/mol. The average molecular weight is 278 g/mol. The quantitative estimate of drug-likeness (QED) is 0.779. The summed E-state index contributed by atoms with van der Waals surface area (Å²) >= 11 is 0. The van der Waals surface area contributed by atoms with Crippen LogP contribution in [0.3, 0.4) is 0 Å². The minimum Gasteiger partial charge on any atom is -0.395 e. The fourth-order valence-corrected chi connectivity index (χ4v) is 1.89. The molecule has 0 bridgehead atoms. The summed E-state index contributed by atoms with van der Waals surface area (Å²) in [5.74, 6) is -0.322. The van der Waals surface area contributed by atoms with Crippen LogP contribution >= 0.6 is 0 Å². The second kappa shape index (κ2) is 8.32. The Kier molecular flexibility index (Phi) is 6.73. The van der Waals surface area contributed by atoms with Crippen LogP contribution in [0.25, 0.3) is 0 Å². The van der Waals surface area contributed by atoms with Crippen molar-refractivity contribution in [2.45, 2.75) is 32.9 Å². The maximum atomic E-state index is 12.0. The molecule has 0 fully saturated rings. The van der Waals surface area contributed by atoms with Crippen molar-refractivity contribution in [2.24, 2.45) is 0 Å². The molecule has 0 aliphatic rings. The molecule has 0 saturated heterocycles. The van der Waals surface area contributed by atoms with Gasteiger partial charge in [-0.05, 0) is 12.5 Å². The standard InChI is InChI=1S/C15H22N2O3/c1-3-14(19)17(11-13-7-5-4-6-8-13)12(2)15(20)16-9-10-18/h4-8,12,18H,3,9-11H2,1-2H3,(H,16,20). The maximum Gasteiger partial charge on any atom is 0.242 e. The van der Waals surface area contributed by atoms with Crippen molar-refractivity contribution in [2.75, 3.05) is 13.2 Å². The smallest absolute Gasteiger partial charge is 0.242 e. The third-order valence-electron chi connectivity index (χ3n) is 3.08. The lowest BCUT2D eigenvalue weighted by molar-refractivity contribution is -0.140. The molecule has 0 heterocycles. The van der Waals surface area contributed by atoms with Gasteiger partial charge >= 0.3 is 0 Å². The van der Waals surface area contributed by atoms with Gasteiger partial charge in [-0.2, -0.15) is 0 Å². The van der Waals surface area contributed by atoms with E-state index in [9.17, 15) is 9.59 Å². The monoisotopic (exact) mass is 278 g/mol. The van der Waals surface area contributed by atoms with Crippen LogP contribution in [-0.4, -0.2) is 41.0 Å². The van der Waals surface area contributed by atoms with Gasteiger partial charge in [-0.3, -0.25) is 9.59 Å². The molecule has 0 aromatic heterocycles. The van der Waals surface area contributed by atoms with Gasteiger partial charge in [0.05, 0.1) is 6.61 Å². The van der Waals surface area contributed by atoms with Crippen molar-refractivity contribution in [1.29, 1.82) is 0 Å². The van der Waals surface area contributed by atoms with Crippen LogP contribution in [-0.2, 0) is 16.1 Å². The molecule has 0 spiro atoms. The predicted octanol–water partition coefficient (Wildman–Crippen LogP) is 0.922. The van der Waals surface area contributed by atoms with Crippen LogP contribution in [0.4, 0.5) is 0 Å². The molecule has 5 nitrogen and oxygen atoms in total. The zero-order valence-corrected chi connectivity index (χ0v) is 12.0. The van der Waals surface area contributed by atoms with Crippen molar-refractivity contribution in [1.82, 2.24) is 10.2 Å². The van der Waals surface area contributed by atoms with Crippen molar-refractivity contribution in [3.05, 3.63) is 35.9 Å². The first-order valence-corrected chi connectivity index (χ1v) is 6.82. The molecule has 1 aromatic rings. The fourth-order valence-electron chi connectivity index (χ4n) is 1.89. The van der Waals surface area contributed by atoms with Crippen LogP contribution in [0.5, 0.6) is 0 Å². The Morgan fingerprint density at radius 1 is 1.30 bits per heavy atom. The van der Waals surface area contributed by atoms with Crippen molar-refractivity contribution in [3.63, 3.8) is 0 Å². The minimum absolute atomic E-state index is 0.0690. The largest absolute Gasteiger partial charge is 0.395 e. The number of benzene rings is 1. The van der Waals surface area contributed by atoms with E-state index in [0.717, 1.165) is 5.56 Å². The number of carbonyl (C=O) groups excluding carboxylic acids is 2. The summed E-state index contributed by atoms with van der Waals surface area (Å²) < 4.78 is 0. The molecule has 2 N–H and O–H groups in total. The SMILES string of the molecule is CCC(=O)N(Cc1ccccc1)C(C)C(=O)NCCO. The molecule has 0 saturated carbocycles. The Hall–Kier alpha value is -1.88. The maximum absolute atomic E-state index is 12.0.